The van der Waals surface area contributed by atoms with Gasteiger partial charge < -0.3 is 5.73 Å². The third-order valence-electron chi connectivity index (χ3n) is 2.15. The molecule has 2 nitrogen and oxygen atoms in total. The molecule has 0 radical (unpaired) electrons. The van der Waals surface area contributed by atoms with Gasteiger partial charge in [0, 0.05) is 0 Å². The summed E-state index contributed by atoms with van der Waals surface area (Å²) in [5.41, 5.74) is 6.02. The molecule has 1 aliphatic rings. The Bertz CT molecular complexity index is 267. The van der Waals surface area contributed by atoms with Crippen molar-refractivity contribution < 1.29 is 0 Å². The highest BCUT2D eigenvalue weighted by atomic mass is 127. The molecule has 0 aliphatic heterocycles. The molecule has 0 spiro atoms. The molecule has 1 aliphatic carbocycles. The molecule has 60 valence electrons. The second-order valence-corrected chi connectivity index (χ2v) is 5.90. The zero-order valence-corrected chi connectivity index (χ0v) is 8.98. The topological polar surface area (TPSA) is 38.9 Å². The molecule has 0 atom stereocenters. The maximum absolute atomic E-state index is 6.08. The maximum Gasteiger partial charge on any atom is 0.113 e. The van der Waals surface area contributed by atoms with Gasteiger partial charge in [-0.25, -0.2) is 4.98 Å². The highest BCUT2D eigenvalue weighted by Crippen LogP contribution is 2.40. The van der Waals surface area contributed by atoms with Crippen LogP contribution in [0.2, 0.25) is 0 Å². The number of halogens is 1. The van der Waals surface area contributed by atoms with Crippen LogP contribution in [0.1, 0.15) is 24.3 Å². The summed E-state index contributed by atoms with van der Waals surface area (Å²) in [5.74, 6) is 0. The van der Waals surface area contributed by atoms with Crippen molar-refractivity contribution in [3.8, 4) is 0 Å². The lowest BCUT2D eigenvalue weighted by Gasteiger charge is -2.35. The van der Waals surface area contributed by atoms with Gasteiger partial charge in [0.1, 0.15) is 5.01 Å². The highest BCUT2D eigenvalue weighted by molar-refractivity contribution is 14.1. The van der Waals surface area contributed by atoms with Crippen LogP contribution in [0.3, 0.4) is 0 Å². The molecule has 0 bridgehead atoms. The van der Waals surface area contributed by atoms with Crippen LogP contribution in [-0.4, -0.2) is 4.98 Å². The molecule has 0 saturated heterocycles. The summed E-state index contributed by atoms with van der Waals surface area (Å²) in [6.07, 6.45) is 5.37. The molecule has 11 heavy (non-hydrogen) atoms. The van der Waals surface area contributed by atoms with Gasteiger partial charge in [-0.3, -0.25) is 0 Å². The van der Waals surface area contributed by atoms with Gasteiger partial charge in [-0.2, -0.15) is 0 Å². The van der Waals surface area contributed by atoms with E-state index in [-0.39, 0.29) is 5.54 Å². The Morgan fingerprint density at radius 2 is 2.36 bits per heavy atom. The summed E-state index contributed by atoms with van der Waals surface area (Å²) in [5, 5.41) is 1.12. The molecule has 4 heteroatoms. The summed E-state index contributed by atoms with van der Waals surface area (Å²) in [7, 11) is 0. The van der Waals surface area contributed by atoms with Crippen LogP contribution >= 0.6 is 33.9 Å². The number of thiazole rings is 1. The van der Waals surface area contributed by atoms with Crippen molar-refractivity contribution in [3.05, 3.63) is 14.1 Å². The van der Waals surface area contributed by atoms with Gasteiger partial charge in [0.2, 0.25) is 0 Å². The number of nitrogens with zero attached hydrogens (tertiary/aromatic N) is 1. The molecule has 0 amide bonds. The van der Waals surface area contributed by atoms with E-state index in [1.807, 2.05) is 6.20 Å². The maximum atomic E-state index is 6.08. The quantitative estimate of drug-likeness (QED) is 0.800. The van der Waals surface area contributed by atoms with Crippen molar-refractivity contribution in [2.45, 2.75) is 24.8 Å². The van der Waals surface area contributed by atoms with Gasteiger partial charge in [0.15, 0.2) is 0 Å². The molecular weight excluding hydrogens is 271 g/mol. The SMILES string of the molecule is NC1(c2ncc(I)s2)CCC1. The second kappa shape index (κ2) is 2.67. The summed E-state index contributed by atoms with van der Waals surface area (Å²) in [4.78, 5) is 4.30. The van der Waals surface area contributed by atoms with Crippen molar-refractivity contribution in [2.24, 2.45) is 5.73 Å². The summed E-state index contributed by atoms with van der Waals surface area (Å²) < 4.78 is 1.23. The lowest BCUT2D eigenvalue weighted by atomic mass is 9.78. The first-order chi connectivity index (χ1) is 5.21. The minimum absolute atomic E-state index is 0.0614. The summed E-state index contributed by atoms with van der Waals surface area (Å²) >= 11 is 4.00. The molecule has 1 fully saturated rings. The number of rotatable bonds is 1. The van der Waals surface area contributed by atoms with Crippen LogP contribution in [0.4, 0.5) is 0 Å². The first-order valence-corrected chi connectivity index (χ1v) is 5.51. The van der Waals surface area contributed by atoms with Gasteiger partial charge in [-0.15, -0.1) is 11.3 Å². The number of aromatic nitrogens is 1. The molecule has 2 N–H and O–H groups in total. The van der Waals surface area contributed by atoms with E-state index in [0.29, 0.717) is 0 Å². The van der Waals surface area contributed by atoms with E-state index in [2.05, 4.69) is 27.6 Å². The monoisotopic (exact) mass is 280 g/mol. The van der Waals surface area contributed by atoms with Crippen LogP contribution in [-0.2, 0) is 5.54 Å². The van der Waals surface area contributed by atoms with Crippen LogP contribution < -0.4 is 5.73 Å². The molecular formula is C7H9IN2S. The van der Waals surface area contributed by atoms with E-state index in [1.54, 1.807) is 11.3 Å². The van der Waals surface area contributed by atoms with E-state index >= 15 is 0 Å². The fourth-order valence-corrected chi connectivity index (χ4v) is 2.82. The zero-order chi connectivity index (χ0) is 7.90. The molecule has 2 rings (SSSR count). The average molecular weight is 280 g/mol. The van der Waals surface area contributed by atoms with E-state index in [9.17, 15) is 0 Å². The normalized spacial score (nSPS) is 21.3. The lowest BCUT2D eigenvalue weighted by Crippen LogP contribution is -2.43. The van der Waals surface area contributed by atoms with Gasteiger partial charge in [0.25, 0.3) is 0 Å². The van der Waals surface area contributed by atoms with Crippen LogP contribution in [0.5, 0.6) is 0 Å². The first kappa shape index (κ1) is 7.94. The fourth-order valence-electron chi connectivity index (χ4n) is 1.26. The van der Waals surface area contributed by atoms with E-state index in [1.165, 1.54) is 9.30 Å². The second-order valence-electron chi connectivity index (χ2n) is 2.98. The van der Waals surface area contributed by atoms with Crippen molar-refractivity contribution in [2.75, 3.05) is 0 Å². The van der Waals surface area contributed by atoms with E-state index in [0.717, 1.165) is 17.8 Å². The largest absolute Gasteiger partial charge is 0.319 e. The Labute approximate surface area is 83.3 Å². The predicted octanol–water partition coefficient (Wildman–Crippen LogP) is 2.09. The highest BCUT2D eigenvalue weighted by Gasteiger charge is 2.36. The average Bonchev–Trinajstić information content (AvgIpc) is 2.31. The van der Waals surface area contributed by atoms with Crippen molar-refractivity contribution in [1.29, 1.82) is 0 Å². The molecule has 0 unspecified atom stereocenters. The van der Waals surface area contributed by atoms with Gasteiger partial charge in [-0.05, 0) is 41.9 Å². The summed E-state index contributed by atoms with van der Waals surface area (Å²) in [6.45, 7) is 0. The van der Waals surface area contributed by atoms with Crippen molar-refractivity contribution in [1.82, 2.24) is 4.98 Å². The Morgan fingerprint density at radius 1 is 1.64 bits per heavy atom. The third-order valence-corrected chi connectivity index (χ3v) is 4.09. The van der Waals surface area contributed by atoms with Gasteiger partial charge in [0.05, 0.1) is 14.6 Å². The first-order valence-electron chi connectivity index (χ1n) is 3.61. The molecule has 1 aromatic rings. The Hall–Kier alpha value is 0.320. The third kappa shape index (κ3) is 1.31. The number of hydrogen-bond acceptors (Lipinski definition) is 3. The van der Waals surface area contributed by atoms with E-state index in [4.69, 9.17) is 5.73 Å². The van der Waals surface area contributed by atoms with Crippen LogP contribution in [0.25, 0.3) is 0 Å². The predicted molar refractivity (Wildman–Crippen MR) is 54.5 cm³/mol. The minimum atomic E-state index is -0.0614. The number of nitrogens with two attached hydrogens (primary N) is 1. The Balaban J connectivity index is 2.28. The lowest BCUT2D eigenvalue weighted by molar-refractivity contribution is 0.253. The van der Waals surface area contributed by atoms with Crippen LogP contribution in [0.15, 0.2) is 6.20 Å². The molecule has 1 aromatic heterocycles. The van der Waals surface area contributed by atoms with Gasteiger partial charge in [-0.1, -0.05) is 0 Å². The van der Waals surface area contributed by atoms with Crippen LogP contribution in [0, 0.1) is 2.88 Å². The molecule has 1 heterocycles. The van der Waals surface area contributed by atoms with Crippen molar-refractivity contribution in [3.63, 3.8) is 0 Å². The van der Waals surface area contributed by atoms with Gasteiger partial charge >= 0.3 is 0 Å². The molecule has 1 saturated carbocycles. The molecule has 0 aromatic carbocycles. The number of hydrogen-bond donors (Lipinski definition) is 1. The van der Waals surface area contributed by atoms with Crippen molar-refractivity contribution >= 4 is 33.9 Å². The Morgan fingerprint density at radius 3 is 2.73 bits per heavy atom. The Kier molecular flexibility index (Phi) is 1.93. The smallest absolute Gasteiger partial charge is 0.113 e. The minimum Gasteiger partial charge on any atom is -0.319 e. The fraction of sp³-hybridized carbons (Fsp3) is 0.571. The van der Waals surface area contributed by atoms with E-state index < -0.39 is 0 Å². The standard InChI is InChI=1S/C7H9IN2S/c8-5-4-10-6(11-5)7(9)2-1-3-7/h4H,1-3,9H2. The zero-order valence-electron chi connectivity index (χ0n) is 6.01. The summed E-state index contributed by atoms with van der Waals surface area (Å²) in [6, 6.07) is 0.